The lowest BCUT2D eigenvalue weighted by molar-refractivity contribution is -0.121. The van der Waals surface area contributed by atoms with Gasteiger partial charge in [-0.3, -0.25) is 4.79 Å². The fourth-order valence-electron chi connectivity index (χ4n) is 2.13. The zero-order valence-electron chi connectivity index (χ0n) is 12.1. The summed E-state index contributed by atoms with van der Waals surface area (Å²) in [6.07, 6.45) is 1.20. The largest absolute Gasteiger partial charge is 0.493 e. The van der Waals surface area contributed by atoms with E-state index in [-0.39, 0.29) is 5.91 Å². The van der Waals surface area contributed by atoms with Crippen LogP contribution in [0.4, 0.5) is 0 Å². The van der Waals surface area contributed by atoms with Crippen LogP contribution in [0.25, 0.3) is 0 Å². The molecule has 2 N–H and O–H groups in total. The van der Waals surface area contributed by atoms with Crippen LogP contribution >= 0.6 is 0 Å². The first kappa shape index (κ1) is 14.7. The molecule has 1 aromatic carbocycles. The highest BCUT2D eigenvalue weighted by atomic mass is 16.5. The van der Waals surface area contributed by atoms with Crippen LogP contribution in [0.15, 0.2) is 18.2 Å². The van der Waals surface area contributed by atoms with Crippen molar-refractivity contribution in [2.24, 2.45) is 5.92 Å². The highest BCUT2D eigenvalue weighted by Crippen LogP contribution is 2.27. The smallest absolute Gasteiger partial charge is 0.220 e. The molecule has 1 amide bonds. The van der Waals surface area contributed by atoms with Gasteiger partial charge in [0, 0.05) is 32.0 Å². The van der Waals surface area contributed by atoms with Crippen LogP contribution in [-0.2, 0) is 11.2 Å². The molecule has 1 aliphatic heterocycles. The van der Waals surface area contributed by atoms with Gasteiger partial charge in [-0.2, -0.15) is 0 Å². The van der Waals surface area contributed by atoms with E-state index in [2.05, 4.69) is 10.6 Å². The molecule has 1 aromatic rings. The number of benzene rings is 1. The van der Waals surface area contributed by atoms with Gasteiger partial charge in [0.25, 0.3) is 0 Å². The summed E-state index contributed by atoms with van der Waals surface area (Å²) < 4.78 is 10.4. The number of nitrogens with one attached hydrogen (secondary N) is 2. The van der Waals surface area contributed by atoms with Crippen molar-refractivity contribution in [2.45, 2.75) is 12.8 Å². The van der Waals surface area contributed by atoms with Crippen molar-refractivity contribution in [3.8, 4) is 11.5 Å². The third-order valence-corrected chi connectivity index (χ3v) is 3.54. The topological polar surface area (TPSA) is 59.6 Å². The monoisotopic (exact) mass is 278 g/mol. The van der Waals surface area contributed by atoms with Crippen LogP contribution in [0.2, 0.25) is 0 Å². The van der Waals surface area contributed by atoms with Gasteiger partial charge in [-0.15, -0.1) is 0 Å². The first-order valence-corrected chi connectivity index (χ1v) is 6.91. The van der Waals surface area contributed by atoms with Crippen LogP contribution in [0, 0.1) is 5.92 Å². The van der Waals surface area contributed by atoms with E-state index < -0.39 is 0 Å². The maximum absolute atomic E-state index is 11.8. The second-order valence-corrected chi connectivity index (χ2v) is 5.02. The Balaban J connectivity index is 1.78. The lowest BCUT2D eigenvalue weighted by Crippen LogP contribution is -2.48. The van der Waals surface area contributed by atoms with Crippen molar-refractivity contribution in [1.29, 1.82) is 0 Å². The Bertz CT molecular complexity index is 458. The van der Waals surface area contributed by atoms with Crippen molar-refractivity contribution in [1.82, 2.24) is 10.6 Å². The Morgan fingerprint density at radius 2 is 2.05 bits per heavy atom. The van der Waals surface area contributed by atoms with E-state index in [1.165, 1.54) is 0 Å². The quantitative estimate of drug-likeness (QED) is 0.780. The first-order valence-electron chi connectivity index (χ1n) is 6.91. The third-order valence-electron chi connectivity index (χ3n) is 3.54. The molecule has 0 radical (unpaired) electrons. The maximum atomic E-state index is 11.8. The molecule has 0 unspecified atom stereocenters. The van der Waals surface area contributed by atoms with Crippen LogP contribution in [0.5, 0.6) is 11.5 Å². The Kier molecular flexibility index (Phi) is 5.24. The van der Waals surface area contributed by atoms with Crippen LogP contribution in [0.3, 0.4) is 0 Å². The standard InChI is InChI=1S/C15H22N2O3/c1-19-13-5-3-11(7-14(13)20-2)4-6-15(18)17-10-12-8-16-9-12/h3,5,7,12,16H,4,6,8-10H2,1-2H3,(H,17,18). The number of hydrogen-bond donors (Lipinski definition) is 2. The van der Waals surface area contributed by atoms with Gasteiger partial charge < -0.3 is 20.1 Å². The molecule has 0 atom stereocenters. The number of carbonyl (C=O) groups is 1. The number of hydrogen-bond acceptors (Lipinski definition) is 4. The molecule has 20 heavy (non-hydrogen) atoms. The molecule has 2 rings (SSSR count). The number of ether oxygens (including phenoxy) is 2. The number of aryl methyl sites for hydroxylation is 1. The Morgan fingerprint density at radius 3 is 2.65 bits per heavy atom. The average molecular weight is 278 g/mol. The van der Waals surface area contributed by atoms with Gasteiger partial charge in [-0.05, 0) is 24.1 Å². The van der Waals surface area contributed by atoms with Crippen LogP contribution in [-0.4, -0.2) is 39.8 Å². The number of rotatable bonds is 7. The van der Waals surface area contributed by atoms with Crippen molar-refractivity contribution in [2.75, 3.05) is 33.9 Å². The SMILES string of the molecule is COc1ccc(CCC(=O)NCC2CNC2)cc1OC. The zero-order chi connectivity index (χ0) is 14.4. The molecular formula is C15H22N2O3. The maximum Gasteiger partial charge on any atom is 0.220 e. The molecular weight excluding hydrogens is 256 g/mol. The summed E-state index contributed by atoms with van der Waals surface area (Å²) in [6, 6.07) is 5.75. The van der Waals surface area contributed by atoms with E-state index in [4.69, 9.17) is 9.47 Å². The summed E-state index contributed by atoms with van der Waals surface area (Å²) in [5.41, 5.74) is 1.07. The molecule has 5 nitrogen and oxygen atoms in total. The lowest BCUT2D eigenvalue weighted by atomic mass is 10.0. The van der Waals surface area contributed by atoms with Crippen molar-refractivity contribution < 1.29 is 14.3 Å². The number of amides is 1. The van der Waals surface area contributed by atoms with E-state index >= 15 is 0 Å². The Labute approximate surface area is 119 Å². The van der Waals surface area contributed by atoms with E-state index in [1.807, 2.05) is 18.2 Å². The number of methoxy groups -OCH3 is 2. The molecule has 1 saturated heterocycles. The van der Waals surface area contributed by atoms with Crippen molar-refractivity contribution in [3.05, 3.63) is 23.8 Å². The van der Waals surface area contributed by atoms with Crippen molar-refractivity contribution >= 4 is 5.91 Å². The summed E-state index contributed by atoms with van der Waals surface area (Å²) >= 11 is 0. The van der Waals surface area contributed by atoms with Gasteiger partial charge in [0.15, 0.2) is 11.5 Å². The molecule has 0 aliphatic carbocycles. The molecule has 0 spiro atoms. The van der Waals surface area contributed by atoms with Gasteiger partial charge in [-0.25, -0.2) is 0 Å². The average Bonchev–Trinajstić information content (AvgIpc) is 2.43. The number of carbonyl (C=O) groups excluding carboxylic acids is 1. The fourth-order valence-corrected chi connectivity index (χ4v) is 2.13. The van der Waals surface area contributed by atoms with Gasteiger partial charge in [0.05, 0.1) is 14.2 Å². The summed E-state index contributed by atoms with van der Waals surface area (Å²) in [7, 11) is 3.22. The van der Waals surface area contributed by atoms with Gasteiger partial charge >= 0.3 is 0 Å². The molecule has 1 fully saturated rings. The first-order chi connectivity index (χ1) is 9.72. The zero-order valence-corrected chi connectivity index (χ0v) is 12.1. The molecule has 0 aromatic heterocycles. The van der Waals surface area contributed by atoms with E-state index in [0.717, 1.165) is 25.2 Å². The summed E-state index contributed by atoms with van der Waals surface area (Å²) in [5.74, 6) is 2.11. The third kappa shape index (κ3) is 3.87. The summed E-state index contributed by atoms with van der Waals surface area (Å²) in [6.45, 7) is 2.80. The second kappa shape index (κ2) is 7.14. The predicted octanol–water partition coefficient (Wildman–Crippen LogP) is 0.972. The minimum Gasteiger partial charge on any atom is -0.493 e. The van der Waals surface area contributed by atoms with E-state index in [1.54, 1.807) is 14.2 Å². The Hall–Kier alpha value is -1.75. The van der Waals surface area contributed by atoms with Gasteiger partial charge in [0.2, 0.25) is 5.91 Å². The van der Waals surface area contributed by atoms with Gasteiger partial charge in [0.1, 0.15) is 0 Å². The van der Waals surface area contributed by atoms with Gasteiger partial charge in [-0.1, -0.05) is 6.07 Å². The van der Waals surface area contributed by atoms with Crippen LogP contribution in [0.1, 0.15) is 12.0 Å². The molecule has 110 valence electrons. The lowest BCUT2D eigenvalue weighted by Gasteiger charge is -2.27. The molecule has 0 bridgehead atoms. The minimum atomic E-state index is 0.103. The van der Waals surface area contributed by atoms with E-state index in [0.29, 0.717) is 30.3 Å². The molecule has 5 heteroatoms. The van der Waals surface area contributed by atoms with Crippen molar-refractivity contribution in [3.63, 3.8) is 0 Å². The highest BCUT2D eigenvalue weighted by Gasteiger charge is 2.17. The molecule has 0 saturated carbocycles. The second-order valence-electron chi connectivity index (χ2n) is 5.02. The highest BCUT2D eigenvalue weighted by molar-refractivity contribution is 5.76. The summed E-state index contributed by atoms with van der Waals surface area (Å²) in [5, 5.41) is 6.16. The normalized spacial score (nSPS) is 14.5. The Morgan fingerprint density at radius 1 is 1.30 bits per heavy atom. The van der Waals surface area contributed by atoms with E-state index in [9.17, 15) is 4.79 Å². The summed E-state index contributed by atoms with van der Waals surface area (Å²) in [4.78, 5) is 11.8. The molecule has 1 heterocycles. The van der Waals surface area contributed by atoms with Crippen LogP contribution < -0.4 is 20.1 Å². The minimum absolute atomic E-state index is 0.103. The predicted molar refractivity (Wildman–Crippen MR) is 77.2 cm³/mol. The fraction of sp³-hybridized carbons (Fsp3) is 0.533. The molecule has 1 aliphatic rings.